The summed E-state index contributed by atoms with van der Waals surface area (Å²) in [7, 11) is 0. The first kappa shape index (κ1) is 16.6. The molecule has 1 aromatic rings. The van der Waals surface area contributed by atoms with E-state index in [1.165, 1.54) is 0 Å². The molecule has 1 aliphatic rings. The van der Waals surface area contributed by atoms with Gasteiger partial charge in [0, 0.05) is 16.3 Å². The van der Waals surface area contributed by atoms with E-state index < -0.39 is 0 Å². The highest BCUT2D eigenvalue weighted by Crippen LogP contribution is 2.37. The van der Waals surface area contributed by atoms with Gasteiger partial charge in [0.2, 0.25) is 0 Å². The van der Waals surface area contributed by atoms with Crippen LogP contribution in [0.3, 0.4) is 0 Å². The zero-order valence-electron chi connectivity index (χ0n) is 11.9. The molecule has 0 amide bonds. The summed E-state index contributed by atoms with van der Waals surface area (Å²) in [6.45, 7) is 4.02. The van der Waals surface area contributed by atoms with Crippen LogP contribution in [0.2, 0.25) is 10.0 Å². The summed E-state index contributed by atoms with van der Waals surface area (Å²) >= 11 is 15.8. The zero-order valence-corrected chi connectivity index (χ0v) is 15.0. The summed E-state index contributed by atoms with van der Waals surface area (Å²) in [5.74, 6) is 0.182. The molecular formula is C16H16BrCl2N2-. The number of rotatable bonds is 2. The summed E-state index contributed by atoms with van der Waals surface area (Å²) in [5.41, 5.74) is 11.3. The highest BCUT2D eigenvalue weighted by molar-refractivity contribution is 9.11. The van der Waals surface area contributed by atoms with E-state index in [1.807, 2.05) is 19.1 Å². The number of benzene rings is 1. The predicted octanol–water partition coefficient (Wildman–Crippen LogP) is 6.55. The van der Waals surface area contributed by atoms with Gasteiger partial charge in [-0.15, -0.1) is 5.70 Å². The van der Waals surface area contributed by atoms with E-state index in [1.54, 1.807) is 6.07 Å². The lowest BCUT2D eigenvalue weighted by Crippen LogP contribution is -2.06. The van der Waals surface area contributed by atoms with Crippen LogP contribution in [0.5, 0.6) is 0 Å². The lowest BCUT2D eigenvalue weighted by atomic mass is 9.90. The molecule has 1 aromatic carbocycles. The Hall–Kier alpha value is -0.770. The molecule has 0 aliphatic heterocycles. The molecule has 21 heavy (non-hydrogen) atoms. The van der Waals surface area contributed by atoms with Gasteiger partial charge in [-0.3, -0.25) is 0 Å². The third-order valence-electron chi connectivity index (χ3n) is 3.68. The topological polar surface area (TPSA) is 47.7 Å². The second-order valence-corrected chi connectivity index (χ2v) is 7.26. The van der Waals surface area contributed by atoms with Crippen LogP contribution in [0.25, 0.3) is 5.73 Å². The minimum absolute atomic E-state index is 0.169. The highest BCUT2D eigenvalue weighted by Gasteiger charge is 2.23. The third-order valence-corrected chi connectivity index (χ3v) is 4.42. The molecule has 0 radical (unpaired) electrons. The van der Waals surface area contributed by atoms with Crippen molar-refractivity contribution in [2.24, 2.45) is 5.92 Å². The van der Waals surface area contributed by atoms with Crippen LogP contribution >= 0.6 is 39.1 Å². The van der Waals surface area contributed by atoms with E-state index in [4.69, 9.17) is 34.3 Å². The van der Waals surface area contributed by atoms with Crippen LogP contribution in [-0.2, 0) is 6.42 Å². The Morgan fingerprint density at radius 3 is 2.71 bits per heavy atom. The maximum Gasteiger partial charge on any atom is 0.0516 e. The molecule has 0 saturated carbocycles. The van der Waals surface area contributed by atoms with Crippen molar-refractivity contribution in [2.75, 3.05) is 0 Å². The lowest BCUT2D eigenvalue weighted by molar-refractivity contribution is 0.601. The van der Waals surface area contributed by atoms with Gasteiger partial charge in [0.15, 0.2) is 0 Å². The molecule has 0 fully saturated rings. The summed E-state index contributed by atoms with van der Waals surface area (Å²) in [5, 5.41) is 9.37. The first-order valence-electron chi connectivity index (χ1n) is 6.71. The first-order chi connectivity index (χ1) is 9.85. The van der Waals surface area contributed by atoms with Gasteiger partial charge in [-0.05, 0) is 47.9 Å². The fourth-order valence-corrected chi connectivity index (χ4v) is 3.56. The van der Waals surface area contributed by atoms with Crippen molar-refractivity contribution in [1.29, 1.82) is 5.41 Å². The first-order valence-corrected chi connectivity index (χ1v) is 8.26. The van der Waals surface area contributed by atoms with Crippen LogP contribution in [-0.4, -0.2) is 5.71 Å². The Kier molecular flexibility index (Phi) is 5.18. The molecular weight excluding hydrogens is 371 g/mol. The van der Waals surface area contributed by atoms with Crippen LogP contribution in [0.15, 0.2) is 34.0 Å². The smallest absolute Gasteiger partial charge is 0.0516 e. The summed E-state index contributed by atoms with van der Waals surface area (Å²) in [4.78, 5) is 0. The molecule has 0 heterocycles. The van der Waals surface area contributed by atoms with Crippen molar-refractivity contribution in [3.63, 3.8) is 0 Å². The second-order valence-electron chi connectivity index (χ2n) is 5.17. The van der Waals surface area contributed by atoms with Crippen molar-refractivity contribution in [3.05, 3.63) is 60.9 Å². The summed E-state index contributed by atoms with van der Waals surface area (Å²) < 4.78 is 0.948. The van der Waals surface area contributed by atoms with Crippen molar-refractivity contribution in [2.45, 2.75) is 26.7 Å². The monoisotopic (exact) mass is 385 g/mol. The Balaban J connectivity index is 2.69. The number of hydrogen-bond donors (Lipinski definition) is 1. The van der Waals surface area contributed by atoms with E-state index >= 15 is 0 Å². The Morgan fingerprint density at radius 2 is 2.14 bits per heavy atom. The average Bonchev–Trinajstić information content (AvgIpc) is 2.48. The van der Waals surface area contributed by atoms with Gasteiger partial charge < -0.3 is 11.1 Å². The quantitative estimate of drug-likeness (QED) is 0.599. The maximum absolute atomic E-state index is 8.38. The predicted molar refractivity (Wildman–Crippen MR) is 94.8 cm³/mol. The van der Waals surface area contributed by atoms with Crippen LogP contribution in [0.4, 0.5) is 0 Å². The van der Waals surface area contributed by atoms with Crippen molar-refractivity contribution in [3.8, 4) is 0 Å². The largest absolute Gasteiger partial charge is 0.697 e. The Bertz CT molecular complexity index is 658. The van der Waals surface area contributed by atoms with Crippen LogP contribution < -0.4 is 0 Å². The minimum atomic E-state index is 0.169. The van der Waals surface area contributed by atoms with E-state index in [0.717, 1.165) is 28.5 Å². The molecule has 1 aliphatic carbocycles. The molecule has 112 valence electrons. The van der Waals surface area contributed by atoms with Gasteiger partial charge in [0.1, 0.15) is 0 Å². The molecule has 2 nitrogen and oxygen atoms in total. The molecule has 1 unspecified atom stereocenters. The van der Waals surface area contributed by atoms with Gasteiger partial charge in [-0.1, -0.05) is 57.7 Å². The average molecular weight is 387 g/mol. The Labute approximate surface area is 143 Å². The van der Waals surface area contributed by atoms with Crippen LogP contribution in [0, 0.1) is 11.3 Å². The number of halogens is 3. The second kappa shape index (κ2) is 6.55. The zero-order chi connectivity index (χ0) is 15.7. The molecule has 0 aromatic heterocycles. The number of hydrogen-bond acceptors (Lipinski definition) is 1. The molecule has 0 spiro atoms. The lowest BCUT2D eigenvalue weighted by Gasteiger charge is -2.20. The number of nitrogens with one attached hydrogen (secondary N) is 2. The maximum atomic E-state index is 8.38. The van der Waals surface area contributed by atoms with Crippen molar-refractivity contribution in [1.82, 2.24) is 0 Å². The molecule has 5 heteroatoms. The molecule has 0 saturated heterocycles. The van der Waals surface area contributed by atoms with Crippen molar-refractivity contribution < 1.29 is 0 Å². The number of allylic oxidation sites excluding steroid dienone is 4. The Morgan fingerprint density at radius 1 is 1.48 bits per heavy atom. The van der Waals surface area contributed by atoms with Gasteiger partial charge >= 0.3 is 0 Å². The van der Waals surface area contributed by atoms with Crippen LogP contribution in [0.1, 0.15) is 31.4 Å². The van der Waals surface area contributed by atoms with E-state index in [-0.39, 0.29) is 17.3 Å². The minimum Gasteiger partial charge on any atom is -0.697 e. The van der Waals surface area contributed by atoms with Gasteiger partial charge in [-0.25, -0.2) is 0 Å². The van der Waals surface area contributed by atoms with Crippen molar-refractivity contribution >= 4 is 44.8 Å². The standard InChI is InChI=1S/C16H16BrCl2N2/c1-3-9-5-10-6-11(18)7-13(19)14(10)16(21)15(20)12(9)4-8(2)17/h4,6-7,9,20-21H,3,5H2,1-2H3/q-1/b8-4+,21-16?. The van der Waals surface area contributed by atoms with E-state index in [9.17, 15) is 0 Å². The van der Waals surface area contributed by atoms with E-state index in [2.05, 4.69) is 22.9 Å². The van der Waals surface area contributed by atoms with Gasteiger partial charge in [0.05, 0.1) is 5.02 Å². The molecule has 0 bridgehead atoms. The summed E-state index contributed by atoms with van der Waals surface area (Å²) in [6.07, 6.45) is 3.57. The molecule has 2 rings (SSSR count). The van der Waals surface area contributed by atoms with Gasteiger partial charge in [-0.2, -0.15) is 0 Å². The summed E-state index contributed by atoms with van der Waals surface area (Å²) in [6, 6.07) is 3.50. The van der Waals surface area contributed by atoms with Gasteiger partial charge in [0.25, 0.3) is 0 Å². The highest BCUT2D eigenvalue weighted by atomic mass is 79.9. The molecule has 1 atom stereocenters. The SMILES string of the molecule is CCC1Cc2cc(Cl)cc(Cl)c2C(=N)C([NH-])=C1/C=C(\C)Br. The molecule has 2 N–H and O–H groups in total. The fourth-order valence-electron chi connectivity index (χ4n) is 2.69. The number of fused-ring (bicyclic) bond motifs is 1. The third kappa shape index (κ3) is 3.36. The normalized spacial score (nSPS) is 19.6. The fraction of sp³-hybridized carbons (Fsp3) is 0.312. The van der Waals surface area contributed by atoms with E-state index in [0.29, 0.717) is 15.6 Å².